The molecule has 51 heavy (non-hydrogen) atoms. The van der Waals surface area contributed by atoms with Crippen molar-refractivity contribution < 1.29 is 4.42 Å². The lowest BCUT2D eigenvalue weighted by atomic mass is 9.96. The minimum atomic E-state index is 0.664. The molecular weight excluding hydrogens is 621 g/mol. The van der Waals surface area contributed by atoms with E-state index in [-0.39, 0.29) is 0 Å². The molecule has 2 aromatic heterocycles. The van der Waals surface area contributed by atoms with Gasteiger partial charge < -0.3 is 4.42 Å². The van der Waals surface area contributed by atoms with E-state index in [9.17, 15) is 0 Å². The van der Waals surface area contributed by atoms with Gasteiger partial charge in [-0.3, -0.25) is 0 Å². The smallest absolute Gasteiger partial charge is 0.161 e. The molecular formula is C48H30N2O. The summed E-state index contributed by atoms with van der Waals surface area (Å²) in [6.07, 6.45) is 0. The summed E-state index contributed by atoms with van der Waals surface area (Å²) in [4.78, 5) is 10.4. The van der Waals surface area contributed by atoms with Gasteiger partial charge in [-0.1, -0.05) is 152 Å². The minimum Gasteiger partial charge on any atom is -0.456 e. The topological polar surface area (TPSA) is 38.9 Å². The Balaban J connectivity index is 1.09. The first-order valence-electron chi connectivity index (χ1n) is 17.2. The van der Waals surface area contributed by atoms with Crippen LogP contribution in [-0.2, 0) is 0 Å². The fourth-order valence-electron chi connectivity index (χ4n) is 7.32. The highest BCUT2D eigenvalue weighted by Crippen LogP contribution is 2.39. The van der Waals surface area contributed by atoms with E-state index in [2.05, 4.69) is 146 Å². The van der Waals surface area contributed by atoms with Gasteiger partial charge in [0.25, 0.3) is 0 Å². The van der Waals surface area contributed by atoms with Gasteiger partial charge in [-0.15, -0.1) is 0 Å². The van der Waals surface area contributed by atoms with E-state index in [0.29, 0.717) is 5.82 Å². The summed E-state index contributed by atoms with van der Waals surface area (Å²) in [5.74, 6) is 0.664. The van der Waals surface area contributed by atoms with E-state index in [1.807, 2.05) is 36.4 Å². The number of nitrogens with zero attached hydrogens (tertiary/aromatic N) is 2. The monoisotopic (exact) mass is 650 g/mol. The van der Waals surface area contributed by atoms with Gasteiger partial charge in [0.05, 0.1) is 11.4 Å². The molecule has 0 atom stereocenters. The first-order chi connectivity index (χ1) is 25.2. The Hall–Kier alpha value is -6.84. The maximum absolute atomic E-state index is 6.55. The summed E-state index contributed by atoms with van der Waals surface area (Å²) in [5.41, 5.74) is 11.0. The quantitative estimate of drug-likeness (QED) is 0.174. The summed E-state index contributed by atoms with van der Waals surface area (Å²) in [6, 6.07) is 63.8. The van der Waals surface area contributed by atoms with E-state index in [1.54, 1.807) is 0 Å². The molecule has 2 heterocycles. The Morgan fingerprint density at radius 3 is 1.69 bits per heavy atom. The average Bonchev–Trinajstić information content (AvgIpc) is 3.59. The van der Waals surface area contributed by atoms with Crippen molar-refractivity contribution >= 4 is 43.5 Å². The lowest BCUT2D eigenvalue weighted by Crippen LogP contribution is -1.96. The second-order valence-electron chi connectivity index (χ2n) is 13.0. The SMILES string of the molecule is c1ccc(-c2ccc(-c3cc(-c4ccccc4)nc(-c4cccc5oc6cc(-c7ccc8c(ccc9ccccc98)c7)ccc6c45)n3)cc2)cc1. The summed E-state index contributed by atoms with van der Waals surface area (Å²) in [6.45, 7) is 0. The predicted molar refractivity (Wildman–Crippen MR) is 212 cm³/mol. The molecule has 238 valence electrons. The van der Waals surface area contributed by atoms with E-state index in [4.69, 9.17) is 14.4 Å². The van der Waals surface area contributed by atoms with Crippen LogP contribution in [0.25, 0.3) is 99.6 Å². The molecule has 0 fully saturated rings. The van der Waals surface area contributed by atoms with Crippen LogP contribution in [0.2, 0.25) is 0 Å². The fraction of sp³-hybridized carbons (Fsp3) is 0. The number of aromatic nitrogens is 2. The molecule has 10 aromatic rings. The molecule has 10 rings (SSSR count). The van der Waals surface area contributed by atoms with Crippen LogP contribution in [0, 0.1) is 0 Å². The zero-order valence-electron chi connectivity index (χ0n) is 27.6. The Morgan fingerprint density at radius 1 is 0.333 bits per heavy atom. The molecule has 0 bridgehead atoms. The number of benzene rings is 8. The van der Waals surface area contributed by atoms with Crippen LogP contribution >= 0.6 is 0 Å². The Labute approximate surface area is 295 Å². The third-order valence-electron chi connectivity index (χ3n) is 9.90. The number of furan rings is 1. The van der Waals surface area contributed by atoms with Gasteiger partial charge in [0.2, 0.25) is 0 Å². The van der Waals surface area contributed by atoms with E-state index in [0.717, 1.165) is 61.1 Å². The first-order valence-corrected chi connectivity index (χ1v) is 17.2. The average molecular weight is 651 g/mol. The summed E-state index contributed by atoms with van der Waals surface area (Å²) >= 11 is 0. The van der Waals surface area contributed by atoms with Gasteiger partial charge in [-0.25, -0.2) is 9.97 Å². The van der Waals surface area contributed by atoms with Gasteiger partial charge in [0, 0.05) is 27.5 Å². The van der Waals surface area contributed by atoms with Gasteiger partial charge >= 0.3 is 0 Å². The second kappa shape index (κ2) is 11.9. The van der Waals surface area contributed by atoms with E-state index in [1.165, 1.54) is 32.7 Å². The lowest BCUT2D eigenvalue weighted by Gasteiger charge is -2.11. The fourth-order valence-corrected chi connectivity index (χ4v) is 7.32. The highest BCUT2D eigenvalue weighted by Gasteiger charge is 2.18. The molecule has 0 aliphatic rings. The van der Waals surface area contributed by atoms with Gasteiger partial charge in [-0.2, -0.15) is 0 Å². The molecule has 0 spiro atoms. The van der Waals surface area contributed by atoms with Gasteiger partial charge in [0.1, 0.15) is 11.2 Å². The maximum Gasteiger partial charge on any atom is 0.161 e. The van der Waals surface area contributed by atoms with Crippen molar-refractivity contribution in [3.05, 3.63) is 182 Å². The third kappa shape index (κ3) is 5.15. The van der Waals surface area contributed by atoms with Crippen LogP contribution in [0.3, 0.4) is 0 Å². The highest BCUT2D eigenvalue weighted by molar-refractivity contribution is 6.13. The van der Waals surface area contributed by atoms with Crippen molar-refractivity contribution in [2.75, 3.05) is 0 Å². The molecule has 0 saturated heterocycles. The standard InChI is InChI=1S/C48H30N2O/c1-3-10-31(11-4-1)32-18-21-35(22-19-32)44-30-43(34-13-5-2-6-14-34)49-48(50-44)42-16-9-17-45-47(42)41-27-25-37(29-46(41)51-45)36-24-26-40-38(28-36)23-20-33-12-7-8-15-39(33)40/h1-30H. The van der Waals surface area contributed by atoms with Gasteiger partial charge in [-0.05, 0) is 74.1 Å². The van der Waals surface area contributed by atoms with Crippen LogP contribution in [0.1, 0.15) is 0 Å². The van der Waals surface area contributed by atoms with Crippen LogP contribution in [-0.4, -0.2) is 9.97 Å². The number of fused-ring (bicyclic) bond motifs is 6. The van der Waals surface area contributed by atoms with E-state index < -0.39 is 0 Å². The Bertz CT molecular complexity index is 2890. The van der Waals surface area contributed by atoms with E-state index >= 15 is 0 Å². The molecule has 0 N–H and O–H groups in total. The summed E-state index contributed by atoms with van der Waals surface area (Å²) in [5, 5.41) is 7.06. The third-order valence-corrected chi connectivity index (χ3v) is 9.90. The molecule has 0 unspecified atom stereocenters. The highest BCUT2D eigenvalue weighted by atomic mass is 16.3. The molecule has 3 heteroatoms. The Morgan fingerprint density at radius 2 is 0.902 bits per heavy atom. The predicted octanol–water partition coefficient (Wildman–Crippen LogP) is 13.0. The molecule has 0 aliphatic heterocycles. The summed E-state index contributed by atoms with van der Waals surface area (Å²) < 4.78 is 6.55. The van der Waals surface area contributed by atoms with Crippen LogP contribution in [0.5, 0.6) is 0 Å². The molecule has 0 aliphatic carbocycles. The molecule has 0 amide bonds. The first kappa shape index (κ1) is 29.1. The zero-order chi connectivity index (χ0) is 33.7. The van der Waals surface area contributed by atoms with Crippen molar-refractivity contribution in [3.8, 4) is 56.2 Å². The van der Waals surface area contributed by atoms with Crippen molar-refractivity contribution in [2.45, 2.75) is 0 Å². The largest absolute Gasteiger partial charge is 0.456 e. The minimum absolute atomic E-state index is 0.664. The van der Waals surface area contributed by atoms with Crippen molar-refractivity contribution in [2.24, 2.45) is 0 Å². The molecule has 0 radical (unpaired) electrons. The molecule has 8 aromatic carbocycles. The number of hydrogen-bond acceptors (Lipinski definition) is 3. The van der Waals surface area contributed by atoms with Crippen molar-refractivity contribution in [3.63, 3.8) is 0 Å². The molecule has 3 nitrogen and oxygen atoms in total. The van der Waals surface area contributed by atoms with Crippen molar-refractivity contribution in [1.29, 1.82) is 0 Å². The zero-order valence-corrected chi connectivity index (χ0v) is 27.6. The summed E-state index contributed by atoms with van der Waals surface area (Å²) in [7, 11) is 0. The number of rotatable bonds is 5. The van der Waals surface area contributed by atoms with Crippen molar-refractivity contribution in [1.82, 2.24) is 9.97 Å². The van der Waals surface area contributed by atoms with Crippen LogP contribution in [0.15, 0.2) is 186 Å². The normalized spacial score (nSPS) is 11.5. The van der Waals surface area contributed by atoms with Crippen LogP contribution < -0.4 is 0 Å². The lowest BCUT2D eigenvalue weighted by molar-refractivity contribution is 0.669. The second-order valence-corrected chi connectivity index (χ2v) is 13.0. The van der Waals surface area contributed by atoms with Gasteiger partial charge in [0.15, 0.2) is 5.82 Å². The Kier molecular flexibility index (Phi) is 6.81. The molecule has 0 saturated carbocycles. The number of hydrogen-bond donors (Lipinski definition) is 0. The maximum atomic E-state index is 6.55. The van der Waals surface area contributed by atoms with Crippen LogP contribution in [0.4, 0.5) is 0 Å².